The Labute approximate surface area is 102 Å². The van der Waals surface area contributed by atoms with Crippen LogP contribution in [0.15, 0.2) is 23.1 Å². The molecule has 1 heterocycles. The van der Waals surface area contributed by atoms with E-state index in [0.29, 0.717) is 4.90 Å². The van der Waals surface area contributed by atoms with Crippen molar-refractivity contribution in [2.75, 3.05) is 26.5 Å². The van der Waals surface area contributed by atoms with Crippen molar-refractivity contribution >= 4 is 9.84 Å². The lowest BCUT2D eigenvalue weighted by atomic mass is 10.0. The summed E-state index contributed by atoms with van der Waals surface area (Å²) in [4.78, 5) is 0.361. The number of benzene rings is 1. The molecule has 94 valence electrons. The van der Waals surface area contributed by atoms with Gasteiger partial charge in [0.05, 0.1) is 11.0 Å². The molecule has 0 fully saturated rings. The second-order valence-corrected chi connectivity index (χ2v) is 6.33. The van der Waals surface area contributed by atoms with Crippen molar-refractivity contribution < 1.29 is 13.2 Å². The second-order valence-electron chi connectivity index (χ2n) is 4.31. The van der Waals surface area contributed by atoms with E-state index in [-0.39, 0.29) is 6.10 Å². The molecule has 0 radical (unpaired) electrons. The molecule has 0 bridgehead atoms. The number of sulfone groups is 1. The highest BCUT2D eigenvalue weighted by Gasteiger charge is 2.20. The van der Waals surface area contributed by atoms with Crippen LogP contribution in [0.4, 0.5) is 0 Å². The second kappa shape index (κ2) is 4.76. The highest BCUT2D eigenvalue weighted by Crippen LogP contribution is 2.26. The van der Waals surface area contributed by atoms with Gasteiger partial charge in [-0.2, -0.15) is 0 Å². The van der Waals surface area contributed by atoms with Gasteiger partial charge in [0.15, 0.2) is 9.84 Å². The average molecular weight is 255 g/mol. The zero-order valence-electron chi connectivity index (χ0n) is 10.1. The number of hydrogen-bond acceptors (Lipinski definition) is 4. The van der Waals surface area contributed by atoms with Gasteiger partial charge in [-0.3, -0.25) is 0 Å². The molecule has 0 aliphatic carbocycles. The van der Waals surface area contributed by atoms with Gasteiger partial charge in [-0.05, 0) is 36.2 Å². The standard InChI is InChI=1S/C12H17NO3S/c1-16-12-8-13-6-5-9-3-4-10(7-11(9)12)17(2,14)15/h3-4,7,12-13H,5-6,8H2,1-2H3. The maximum atomic E-state index is 11.5. The predicted molar refractivity (Wildman–Crippen MR) is 65.9 cm³/mol. The van der Waals surface area contributed by atoms with Gasteiger partial charge in [-0.25, -0.2) is 8.42 Å². The molecule has 0 saturated heterocycles. The predicted octanol–water partition coefficient (Wildman–Crippen LogP) is 0.923. The Hall–Kier alpha value is -0.910. The van der Waals surface area contributed by atoms with Gasteiger partial charge in [-0.15, -0.1) is 0 Å². The molecule has 1 aliphatic heterocycles. The van der Waals surface area contributed by atoms with Crippen molar-refractivity contribution in [1.82, 2.24) is 5.32 Å². The molecule has 0 amide bonds. The van der Waals surface area contributed by atoms with Crippen LogP contribution in [0.1, 0.15) is 17.2 Å². The quantitative estimate of drug-likeness (QED) is 0.854. The monoisotopic (exact) mass is 255 g/mol. The third kappa shape index (κ3) is 2.68. The summed E-state index contributed by atoms with van der Waals surface area (Å²) in [5.41, 5.74) is 2.15. The van der Waals surface area contributed by atoms with Crippen molar-refractivity contribution in [2.24, 2.45) is 0 Å². The molecule has 1 aromatic rings. The molecule has 0 saturated carbocycles. The minimum Gasteiger partial charge on any atom is -0.375 e. The summed E-state index contributed by atoms with van der Waals surface area (Å²) < 4.78 is 28.5. The van der Waals surface area contributed by atoms with E-state index < -0.39 is 9.84 Å². The van der Waals surface area contributed by atoms with Crippen molar-refractivity contribution in [2.45, 2.75) is 17.4 Å². The Bertz CT molecular complexity index is 510. The summed E-state index contributed by atoms with van der Waals surface area (Å²) in [6.45, 7) is 1.61. The first-order valence-electron chi connectivity index (χ1n) is 5.59. The van der Waals surface area contributed by atoms with Crippen molar-refractivity contribution in [3.8, 4) is 0 Å². The zero-order chi connectivity index (χ0) is 12.5. The summed E-state index contributed by atoms with van der Waals surface area (Å²) in [6, 6.07) is 5.31. The summed E-state index contributed by atoms with van der Waals surface area (Å²) in [5.74, 6) is 0. The minimum absolute atomic E-state index is 0.0748. The Morgan fingerprint density at radius 3 is 2.82 bits per heavy atom. The summed E-state index contributed by atoms with van der Waals surface area (Å²) in [6.07, 6.45) is 2.05. The van der Waals surface area contributed by atoms with Gasteiger partial charge in [0.1, 0.15) is 0 Å². The van der Waals surface area contributed by atoms with Gasteiger partial charge in [-0.1, -0.05) is 6.07 Å². The number of nitrogens with one attached hydrogen (secondary N) is 1. The van der Waals surface area contributed by atoms with E-state index in [4.69, 9.17) is 4.74 Å². The van der Waals surface area contributed by atoms with Crippen molar-refractivity contribution in [3.63, 3.8) is 0 Å². The van der Waals surface area contributed by atoms with E-state index in [1.807, 2.05) is 6.07 Å². The number of fused-ring (bicyclic) bond motifs is 1. The van der Waals surface area contributed by atoms with Gasteiger partial charge < -0.3 is 10.1 Å². The van der Waals surface area contributed by atoms with Gasteiger partial charge in [0, 0.05) is 19.9 Å². The molecule has 4 nitrogen and oxygen atoms in total. The van der Waals surface area contributed by atoms with Crippen LogP contribution in [-0.4, -0.2) is 34.9 Å². The van der Waals surface area contributed by atoms with E-state index in [2.05, 4.69) is 5.32 Å². The van der Waals surface area contributed by atoms with E-state index in [0.717, 1.165) is 30.6 Å². The first kappa shape index (κ1) is 12.5. The molecule has 5 heteroatoms. The first-order chi connectivity index (χ1) is 8.02. The fourth-order valence-corrected chi connectivity index (χ4v) is 2.76. The molecule has 0 spiro atoms. The molecule has 17 heavy (non-hydrogen) atoms. The van der Waals surface area contributed by atoms with Crippen LogP contribution in [0, 0.1) is 0 Å². The van der Waals surface area contributed by atoms with E-state index >= 15 is 0 Å². The normalized spacial score (nSPS) is 20.7. The fraction of sp³-hybridized carbons (Fsp3) is 0.500. The van der Waals surface area contributed by atoms with Crippen LogP contribution in [0.25, 0.3) is 0 Å². The molecule has 1 N–H and O–H groups in total. The topological polar surface area (TPSA) is 55.4 Å². The lowest BCUT2D eigenvalue weighted by Gasteiger charge is -2.16. The summed E-state index contributed by atoms with van der Waals surface area (Å²) >= 11 is 0. The van der Waals surface area contributed by atoms with Crippen LogP contribution >= 0.6 is 0 Å². The van der Waals surface area contributed by atoms with Crippen LogP contribution in [0.5, 0.6) is 0 Å². The molecule has 1 aliphatic rings. The smallest absolute Gasteiger partial charge is 0.175 e. The minimum atomic E-state index is -3.16. The zero-order valence-corrected chi connectivity index (χ0v) is 10.9. The summed E-state index contributed by atoms with van der Waals surface area (Å²) in [5, 5.41) is 3.28. The molecule has 0 aromatic heterocycles. The molecule has 1 unspecified atom stereocenters. The average Bonchev–Trinajstić information content (AvgIpc) is 2.48. The van der Waals surface area contributed by atoms with Crippen LogP contribution in [0.3, 0.4) is 0 Å². The molecule has 1 atom stereocenters. The largest absolute Gasteiger partial charge is 0.375 e. The number of methoxy groups -OCH3 is 1. The SMILES string of the molecule is COC1CNCCc2ccc(S(C)(=O)=O)cc21. The molecule has 1 aromatic carbocycles. The third-order valence-corrected chi connectivity index (χ3v) is 4.19. The Morgan fingerprint density at radius 1 is 1.41 bits per heavy atom. The third-order valence-electron chi connectivity index (χ3n) is 3.08. The molecular weight excluding hydrogens is 238 g/mol. The maximum absolute atomic E-state index is 11.5. The number of rotatable bonds is 2. The van der Waals surface area contributed by atoms with Gasteiger partial charge >= 0.3 is 0 Å². The number of ether oxygens (including phenoxy) is 1. The lowest BCUT2D eigenvalue weighted by molar-refractivity contribution is 0.104. The van der Waals surface area contributed by atoms with E-state index in [9.17, 15) is 8.42 Å². The Morgan fingerprint density at radius 2 is 2.18 bits per heavy atom. The highest BCUT2D eigenvalue weighted by molar-refractivity contribution is 7.90. The first-order valence-corrected chi connectivity index (χ1v) is 7.48. The van der Waals surface area contributed by atoms with Crippen LogP contribution in [-0.2, 0) is 21.0 Å². The number of hydrogen-bond donors (Lipinski definition) is 1. The van der Waals surface area contributed by atoms with Crippen molar-refractivity contribution in [3.05, 3.63) is 29.3 Å². The summed E-state index contributed by atoms with van der Waals surface area (Å²) in [7, 11) is -1.51. The van der Waals surface area contributed by atoms with E-state index in [1.54, 1.807) is 19.2 Å². The van der Waals surface area contributed by atoms with Crippen molar-refractivity contribution in [1.29, 1.82) is 0 Å². The Balaban J connectivity index is 2.51. The Kier molecular flexibility index (Phi) is 3.51. The van der Waals surface area contributed by atoms with Gasteiger partial charge in [0.25, 0.3) is 0 Å². The highest BCUT2D eigenvalue weighted by atomic mass is 32.2. The lowest BCUT2D eigenvalue weighted by Crippen LogP contribution is -2.21. The van der Waals surface area contributed by atoms with Crippen LogP contribution in [0.2, 0.25) is 0 Å². The molecular formula is C12H17NO3S. The van der Waals surface area contributed by atoms with Crippen LogP contribution < -0.4 is 5.32 Å². The molecule has 2 rings (SSSR count). The van der Waals surface area contributed by atoms with Gasteiger partial charge in [0.2, 0.25) is 0 Å². The maximum Gasteiger partial charge on any atom is 0.175 e. The fourth-order valence-electron chi connectivity index (χ4n) is 2.11. The van der Waals surface area contributed by atoms with E-state index in [1.165, 1.54) is 6.26 Å².